The third kappa shape index (κ3) is 2.51. The highest BCUT2D eigenvalue weighted by molar-refractivity contribution is 5.86. The summed E-state index contributed by atoms with van der Waals surface area (Å²) in [4.78, 5) is 20.7. The van der Waals surface area contributed by atoms with Crippen molar-refractivity contribution in [3.8, 4) is 6.07 Å². The van der Waals surface area contributed by atoms with Crippen LogP contribution in [-0.4, -0.2) is 17.4 Å². The predicted octanol–water partition coefficient (Wildman–Crippen LogP) is 1.61. The summed E-state index contributed by atoms with van der Waals surface area (Å²) in [6, 6.07) is 4.02. The number of aldehydes is 1. The molecule has 16 heavy (non-hydrogen) atoms. The van der Waals surface area contributed by atoms with E-state index in [9.17, 15) is 14.0 Å². The number of carboxylic acid groups (broad SMARTS) is 1. The fourth-order valence-corrected chi connectivity index (χ4v) is 1.10. The van der Waals surface area contributed by atoms with E-state index in [1.165, 1.54) is 6.07 Å². The number of carboxylic acids is 1. The average Bonchev–Trinajstić information content (AvgIpc) is 2.27. The summed E-state index contributed by atoms with van der Waals surface area (Å²) in [5, 5.41) is 17.0. The zero-order valence-corrected chi connectivity index (χ0v) is 7.98. The third-order valence-electron chi connectivity index (χ3n) is 1.79. The molecule has 0 aliphatic heterocycles. The quantitative estimate of drug-likeness (QED) is 0.618. The molecular formula is C11H6FNO3. The van der Waals surface area contributed by atoms with Gasteiger partial charge in [0, 0.05) is 11.6 Å². The average molecular weight is 219 g/mol. The number of nitrogens with zero attached hydrogens (tertiary/aromatic N) is 1. The summed E-state index contributed by atoms with van der Waals surface area (Å²) in [5.74, 6) is -2.08. The second-order valence-electron chi connectivity index (χ2n) is 2.87. The fourth-order valence-electron chi connectivity index (χ4n) is 1.10. The van der Waals surface area contributed by atoms with E-state index in [2.05, 4.69) is 0 Å². The van der Waals surface area contributed by atoms with Crippen molar-refractivity contribution >= 4 is 18.3 Å². The minimum atomic E-state index is -1.24. The summed E-state index contributed by atoms with van der Waals surface area (Å²) in [5.41, 5.74) is -0.291. The van der Waals surface area contributed by atoms with E-state index in [4.69, 9.17) is 10.4 Å². The Kier molecular flexibility index (Phi) is 3.51. The predicted molar refractivity (Wildman–Crippen MR) is 53.2 cm³/mol. The number of hydrogen-bond acceptors (Lipinski definition) is 3. The van der Waals surface area contributed by atoms with Crippen LogP contribution in [0.5, 0.6) is 0 Å². The molecular weight excluding hydrogens is 213 g/mol. The van der Waals surface area contributed by atoms with Gasteiger partial charge in [-0.1, -0.05) is 0 Å². The molecule has 80 valence electrons. The lowest BCUT2D eigenvalue weighted by molar-refractivity contribution is -0.131. The van der Waals surface area contributed by atoms with Crippen LogP contribution in [0.25, 0.3) is 6.08 Å². The zero-order valence-electron chi connectivity index (χ0n) is 7.98. The molecule has 1 rings (SSSR count). The van der Waals surface area contributed by atoms with Gasteiger partial charge in [0.05, 0.1) is 17.2 Å². The fraction of sp³-hybridized carbons (Fsp3) is 0. The van der Waals surface area contributed by atoms with Gasteiger partial charge in [0.25, 0.3) is 0 Å². The van der Waals surface area contributed by atoms with Gasteiger partial charge < -0.3 is 5.11 Å². The van der Waals surface area contributed by atoms with Gasteiger partial charge in [-0.25, -0.2) is 9.18 Å². The van der Waals surface area contributed by atoms with Crippen molar-refractivity contribution in [1.82, 2.24) is 0 Å². The van der Waals surface area contributed by atoms with E-state index in [1.807, 2.05) is 0 Å². The first-order valence-corrected chi connectivity index (χ1v) is 4.18. The number of carbonyl (C=O) groups excluding carboxylic acids is 1. The molecule has 0 radical (unpaired) electrons. The molecule has 1 N–H and O–H groups in total. The summed E-state index contributed by atoms with van der Waals surface area (Å²) in [6.45, 7) is 0. The van der Waals surface area contributed by atoms with Crippen molar-refractivity contribution in [2.24, 2.45) is 0 Å². The highest BCUT2D eigenvalue weighted by Gasteiger charge is 2.08. The molecule has 0 amide bonds. The van der Waals surface area contributed by atoms with Crippen LogP contribution in [0.4, 0.5) is 4.39 Å². The number of nitriles is 1. The minimum Gasteiger partial charge on any atom is -0.478 e. The van der Waals surface area contributed by atoms with Crippen molar-refractivity contribution in [3.05, 3.63) is 40.7 Å². The number of benzene rings is 1. The van der Waals surface area contributed by atoms with Crippen LogP contribution in [0, 0.1) is 17.1 Å². The van der Waals surface area contributed by atoms with Crippen molar-refractivity contribution in [2.75, 3.05) is 0 Å². The highest BCUT2D eigenvalue weighted by atomic mass is 19.1. The summed E-state index contributed by atoms with van der Waals surface area (Å²) < 4.78 is 13.5. The Morgan fingerprint density at radius 3 is 2.56 bits per heavy atom. The standard InChI is InChI=1S/C11H6FNO3/c12-11-8(1-2-10(15)16)3-7(5-13)4-9(11)6-14/h1-4,6H,(H,15,16)/b2-1+. The first-order chi connectivity index (χ1) is 7.58. The molecule has 4 nitrogen and oxygen atoms in total. The molecule has 0 unspecified atom stereocenters. The van der Waals surface area contributed by atoms with E-state index in [-0.39, 0.29) is 23.0 Å². The summed E-state index contributed by atoms with van der Waals surface area (Å²) in [6.07, 6.45) is 1.99. The molecule has 0 saturated carbocycles. The number of hydrogen-bond donors (Lipinski definition) is 1. The van der Waals surface area contributed by atoms with Gasteiger partial charge in [-0.15, -0.1) is 0 Å². The first-order valence-electron chi connectivity index (χ1n) is 4.18. The van der Waals surface area contributed by atoms with Crippen LogP contribution in [0.1, 0.15) is 21.5 Å². The van der Waals surface area contributed by atoms with E-state index >= 15 is 0 Å². The van der Waals surface area contributed by atoms with Gasteiger partial charge in [-0.2, -0.15) is 5.26 Å². The van der Waals surface area contributed by atoms with E-state index in [1.54, 1.807) is 6.07 Å². The maximum Gasteiger partial charge on any atom is 0.328 e. The second kappa shape index (κ2) is 4.84. The Labute approximate surface area is 90.2 Å². The highest BCUT2D eigenvalue weighted by Crippen LogP contribution is 2.16. The van der Waals surface area contributed by atoms with E-state index in [0.29, 0.717) is 0 Å². The molecule has 0 saturated heterocycles. The van der Waals surface area contributed by atoms with Gasteiger partial charge in [0.2, 0.25) is 0 Å². The van der Waals surface area contributed by atoms with Crippen LogP contribution in [0.2, 0.25) is 0 Å². The molecule has 1 aromatic rings. The zero-order chi connectivity index (χ0) is 12.1. The molecule has 0 atom stereocenters. The first kappa shape index (κ1) is 11.6. The van der Waals surface area contributed by atoms with E-state index in [0.717, 1.165) is 18.2 Å². The van der Waals surface area contributed by atoms with Gasteiger partial charge >= 0.3 is 5.97 Å². The van der Waals surface area contributed by atoms with Crippen molar-refractivity contribution in [2.45, 2.75) is 0 Å². The monoisotopic (exact) mass is 219 g/mol. The lowest BCUT2D eigenvalue weighted by atomic mass is 10.1. The van der Waals surface area contributed by atoms with Gasteiger partial charge in [0.15, 0.2) is 6.29 Å². The van der Waals surface area contributed by atoms with Gasteiger partial charge in [-0.3, -0.25) is 4.79 Å². The number of carbonyl (C=O) groups is 2. The Balaban J connectivity index is 3.33. The second-order valence-corrected chi connectivity index (χ2v) is 2.87. The van der Waals surface area contributed by atoms with Crippen molar-refractivity contribution in [3.63, 3.8) is 0 Å². The Hall–Kier alpha value is -2.48. The Bertz CT molecular complexity index is 515. The molecule has 5 heteroatoms. The SMILES string of the molecule is N#Cc1cc(C=O)c(F)c(/C=C/C(=O)O)c1. The van der Waals surface area contributed by atoms with Crippen molar-refractivity contribution in [1.29, 1.82) is 5.26 Å². The molecule has 0 heterocycles. The smallest absolute Gasteiger partial charge is 0.328 e. The lowest BCUT2D eigenvalue weighted by Crippen LogP contribution is -1.94. The number of rotatable bonds is 3. The summed E-state index contributed by atoms with van der Waals surface area (Å²) >= 11 is 0. The topological polar surface area (TPSA) is 78.2 Å². The van der Waals surface area contributed by atoms with Gasteiger partial charge in [0.1, 0.15) is 5.82 Å². The minimum absolute atomic E-state index is 0.0912. The molecule has 0 spiro atoms. The van der Waals surface area contributed by atoms with Crippen molar-refractivity contribution < 1.29 is 19.1 Å². The van der Waals surface area contributed by atoms with Crippen LogP contribution >= 0.6 is 0 Å². The Morgan fingerprint density at radius 1 is 1.44 bits per heavy atom. The molecule has 0 bridgehead atoms. The molecule has 0 aliphatic rings. The number of halogens is 1. The molecule has 0 aliphatic carbocycles. The maximum absolute atomic E-state index is 13.5. The summed E-state index contributed by atoms with van der Waals surface area (Å²) in [7, 11) is 0. The normalized spacial score (nSPS) is 10.0. The molecule has 0 aromatic heterocycles. The molecule has 1 aromatic carbocycles. The van der Waals surface area contributed by atoms with Crippen LogP contribution in [-0.2, 0) is 4.79 Å². The molecule has 0 fully saturated rings. The maximum atomic E-state index is 13.5. The lowest BCUT2D eigenvalue weighted by Gasteiger charge is -2.00. The van der Waals surface area contributed by atoms with Crippen LogP contribution in [0.3, 0.4) is 0 Å². The third-order valence-corrected chi connectivity index (χ3v) is 1.79. The van der Waals surface area contributed by atoms with E-state index < -0.39 is 11.8 Å². The van der Waals surface area contributed by atoms with Crippen LogP contribution < -0.4 is 0 Å². The number of aliphatic carboxylic acids is 1. The largest absolute Gasteiger partial charge is 0.478 e. The Morgan fingerprint density at radius 2 is 2.06 bits per heavy atom. The van der Waals surface area contributed by atoms with Crippen LogP contribution in [0.15, 0.2) is 18.2 Å². The van der Waals surface area contributed by atoms with Gasteiger partial charge in [-0.05, 0) is 18.2 Å².